The van der Waals surface area contributed by atoms with Crippen LogP contribution in [0, 0.1) is 0 Å². The molecule has 0 aliphatic rings. The minimum Gasteiger partial charge on any atom is -0.467 e. The molecule has 0 radical (unpaired) electrons. The summed E-state index contributed by atoms with van der Waals surface area (Å²) in [5.74, 6) is 1.58. The van der Waals surface area contributed by atoms with Crippen molar-refractivity contribution in [2.75, 3.05) is 26.0 Å². The predicted octanol–water partition coefficient (Wildman–Crippen LogP) is 2.22. The fourth-order valence-corrected chi connectivity index (χ4v) is 1.94. The highest BCUT2D eigenvalue weighted by molar-refractivity contribution is 14.0. The van der Waals surface area contributed by atoms with E-state index in [1.165, 1.54) is 0 Å². The van der Waals surface area contributed by atoms with Gasteiger partial charge in [0.15, 0.2) is 5.96 Å². The molecule has 0 aliphatic carbocycles. The first-order valence-electron chi connectivity index (χ1n) is 6.79. The highest BCUT2D eigenvalue weighted by atomic mass is 127. The first-order chi connectivity index (χ1) is 10.2. The number of hydrogen-bond acceptors (Lipinski definition) is 4. The van der Waals surface area contributed by atoms with Gasteiger partial charge in [0.1, 0.15) is 5.76 Å². The Balaban J connectivity index is 0.00000242. The molecule has 0 fully saturated rings. The summed E-state index contributed by atoms with van der Waals surface area (Å²) >= 11 is 0. The number of nitrogens with one attached hydrogen (secondary N) is 2. The molecule has 0 unspecified atom stereocenters. The third-order valence-corrected chi connectivity index (χ3v) is 3.01. The summed E-state index contributed by atoms with van der Waals surface area (Å²) in [6.07, 6.45) is 3.45. The van der Waals surface area contributed by atoms with Crippen LogP contribution in [0.1, 0.15) is 11.5 Å². The van der Waals surface area contributed by atoms with Crippen molar-refractivity contribution in [3.63, 3.8) is 0 Å². The molecule has 6 nitrogen and oxygen atoms in total. The standard InChI is InChI=1S/C15H21N5O.HI/c1-16-15(18-10-12-6-5-9-21-12)19-11-13-14(20(2)3)7-4-8-17-13;/h4-9H,10-11H2,1-3H3,(H2,16,18,19);1H. The maximum absolute atomic E-state index is 5.28. The van der Waals surface area contributed by atoms with Crippen molar-refractivity contribution in [2.45, 2.75) is 13.1 Å². The maximum atomic E-state index is 5.28. The first kappa shape index (κ1) is 18.3. The third-order valence-electron chi connectivity index (χ3n) is 3.01. The number of aromatic nitrogens is 1. The van der Waals surface area contributed by atoms with E-state index in [1.807, 2.05) is 43.3 Å². The number of guanidine groups is 1. The van der Waals surface area contributed by atoms with Crippen molar-refractivity contribution in [1.82, 2.24) is 15.6 Å². The Kier molecular flexibility index (Phi) is 7.72. The molecule has 2 heterocycles. The molecule has 7 heteroatoms. The largest absolute Gasteiger partial charge is 0.467 e. The lowest BCUT2D eigenvalue weighted by Crippen LogP contribution is -2.36. The van der Waals surface area contributed by atoms with E-state index < -0.39 is 0 Å². The van der Waals surface area contributed by atoms with E-state index in [0.717, 1.165) is 17.1 Å². The average molecular weight is 415 g/mol. The van der Waals surface area contributed by atoms with E-state index in [-0.39, 0.29) is 24.0 Å². The van der Waals surface area contributed by atoms with E-state index in [9.17, 15) is 0 Å². The summed E-state index contributed by atoms with van der Waals surface area (Å²) in [7, 11) is 5.75. The first-order valence-corrected chi connectivity index (χ1v) is 6.79. The van der Waals surface area contributed by atoms with Crippen LogP contribution < -0.4 is 15.5 Å². The topological polar surface area (TPSA) is 65.7 Å². The molecule has 0 bridgehead atoms. The molecule has 0 aliphatic heterocycles. The second kappa shape index (κ2) is 9.29. The van der Waals surface area contributed by atoms with Crippen LogP contribution in [0.5, 0.6) is 0 Å². The minimum atomic E-state index is 0. The quantitative estimate of drug-likeness (QED) is 0.446. The van der Waals surface area contributed by atoms with Crippen molar-refractivity contribution < 1.29 is 4.42 Å². The van der Waals surface area contributed by atoms with Crippen LogP contribution in [-0.2, 0) is 13.1 Å². The number of nitrogens with zero attached hydrogens (tertiary/aromatic N) is 3. The lowest BCUT2D eigenvalue weighted by atomic mass is 10.3. The number of pyridine rings is 1. The molecule has 120 valence electrons. The zero-order chi connectivity index (χ0) is 15.1. The van der Waals surface area contributed by atoms with Crippen molar-refractivity contribution in [1.29, 1.82) is 0 Å². The number of hydrogen-bond donors (Lipinski definition) is 2. The van der Waals surface area contributed by atoms with Gasteiger partial charge in [0, 0.05) is 27.3 Å². The highest BCUT2D eigenvalue weighted by Crippen LogP contribution is 2.14. The number of aliphatic imine (C=N–C) groups is 1. The summed E-state index contributed by atoms with van der Waals surface area (Å²) in [5, 5.41) is 6.45. The van der Waals surface area contributed by atoms with Gasteiger partial charge in [0.2, 0.25) is 0 Å². The summed E-state index contributed by atoms with van der Waals surface area (Å²) in [5.41, 5.74) is 2.06. The SMILES string of the molecule is CN=C(NCc1ccco1)NCc1ncccc1N(C)C.I. The van der Waals surface area contributed by atoms with Crippen molar-refractivity contribution in [2.24, 2.45) is 4.99 Å². The summed E-state index contributed by atoms with van der Waals surface area (Å²) in [6, 6.07) is 7.76. The second-order valence-corrected chi connectivity index (χ2v) is 4.72. The van der Waals surface area contributed by atoms with E-state index >= 15 is 0 Å². The summed E-state index contributed by atoms with van der Waals surface area (Å²) < 4.78 is 5.28. The molecule has 0 saturated carbocycles. The molecule has 2 rings (SSSR count). The van der Waals surface area contributed by atoms with E-state index in [4.69, 9.17) is 4.42 Å². The normalized spacial score (nSPS) is 10.8. The van der Waals surface area contributed by atoms with Crippen LogP contribution in [-0.4, -0.2) is 32.1 Å². The smallest absolute Gasteiger partial charge is 0.191 e. The number of rotatable bonds is 5. The second-order valence-electron chi connectivity index (χ2n) is 4.72. The zero-order valence-electron chi connectivity index (χ0n) is 13.0. The van der Waals surface area contributed by atoms with Crippen LogP contribution in [0.3, 0.4) is 0 Å². The molecular formula is C15H22IN5O. The van der Waals surface area contributed by atoms with Crippen LogP contribution in [0.2, 0.25) is 0 Å². The molecular weight excluding hydrogens is 393 g/mol. The molecule has 0 amide bonds. The summed E-state index contributed by atoms with van der Waals surface area (Å²) in [6.45, 7) is 1.20. The van der Waals surface area contributed by atoms with Crippen molar-refractivity contribution in [3.05, 3.63) is 48.2 Å². The molecule has 2 aromatic rings. The molecule has 0 atom stereocenters. The zero-order valence-corrected chi connectivity index (χ0v) is 15.4. The van der Waals surface area contributed by atoms with Gasteiger partial charge in [0.05, 0.1) is 30.7 Å². The van der Waals surface area contributed by atoms with E-state index in [2.05, 4.69) is 20.6 Å². The highest BCUT2D eigenvalue weighted by Gasteiger charge is 2.06. The maximum Gasteiger partial charge on any atom is 0.191 e. The van der Waals surface area contributed by atoms with E-state index in [1.54, 1.807) is 19.5 Å². The summed E-state index contributed by atoms with van der Waals surface area (Å²) in [4.78, 5) is 10.6. The Morgan fingerprint density at radius 1 is 1.23 bits per heavy atom. The van der Waals surface area contributed by atoms with Gasteiger partial charge in [-0.05, 0) is 24.3 Å². The molecule has 0 spiro atoms. The van der Waals surface area contributed by atoms with Crippen molar-refractivity contribution in [3.8, 4) is 0 Å². The monoisotopic (exact) mass is 415 g/mol. The minimum absolute atomic E-state index is 0. The molecule has 2 N–H and O–H groups in total. The van der Waals surface area contributed by atoms with Crippen LogP contribution in [0.15, 0.2) is 46.1 Å². The third kappa shape index (κ3) is 5.21. The fourth-order valence-electron chi connectivity index (χ4n) is 1.94. The Labute approximate surface area is 148 Å². The van der Waals surface area contributed by atoms with Crippen molar-refractivity contribution >= 4 is 35.6 Å². The Hall–Kier alpha value is -1.77. The van der Waals surface area contributed by atoms with Crippen LogP contribution in [0.4, 0.5) is 5.69 Å². The lowest BCUT2D eigenvalue weighted by Gasteiger charge is -2.17. The lowest BCUT2D eigenvalue weighted by molar-refractivity contribution is 0.501. The van der Waals surface area contributed by atoms with Gasteiger partial charge in [-0.15, -0.1) is 24.0 Å². The number of anilines is 1. The Bertz CT molecular complexity index is 583. The Morgan fingerprint density at radius 2 is 2.00 bits per heavy atom. The fraction of sp³-hybridized carbons (Fsp3) is 0.333. The van der Waals surface area contributed by atoms with Gasteiger partial charge in [-0.2, -0.15) is 0 Å². The van der Waals surface area contributed by atoms with Gasteiger partial charge >= 0.3 is 0 Å². The Morgan fingerprint density at radius 3 is 2.64 bits per heavy atom. The predicted molar refractivity (Wildman–Crippen MR) is 99.7 cm³/mol. The molecule has 0 saturated heterocycles. The average Bonchev–Trinajstić information content (AvgIpc) is 3.01. The number of halogens is 1. The molecule has 0 aromatic carbocycles. The van der Waals surface area contributed by atoms with Crippen LogP contribution in [0.25, 0.3) is 0 Å². The number of furan rings is 1. The van der Waals surface area contributed by atoms with Gasteiger partial charge in [-0.3, -0.25) is 9.98 Å². The van der Waals surface area contributed by atoms with Gasteiger partial charge in [0.25, 0.3) is 0 Å². The molecule has 22 heavy (non-hydrogen) atoms. The van der Waals surface area contributed by atoms with Crippen LogP contribution >= 0.6 is 24.0 Å². The van der Waals surface area contributed by atoms with Gasteiger partial charge in [-0.1, -0.05) is 0 Å². The van der Waals surface area contributed by atoms with E-state index in [0.29, 0.717) is 19.0 Å². The molecule has 2 aromatic heterocycles. The van der Waals surface area contributed by atoms with Gasteiger partial charge in [-0.25, -0.2) is 0 Å². The van der Waals surface area contributed by atoms with Gasteiger partial charge < -0.3 is 20.0 Å².